The van der Waals surface area contributed by atoms with Crippen molar-refractivity contribution in [2.24, 2.45) is 5.73 Å². The van der Waals surface area contributed by atoms with Gasteiger partial charge in [-0.2, -0.15) is 0 Å². The molecule has 7 nitrogen and oxygen atoms in total. The molecular weight excluding hydrogens is 406 g/mol. The SMILES string of the molecule is CCc1ccc(NC(=O)C(C)Sc2nnc(-c3cccs3)n2CCC(N)=O)cc1. The monoisotopic (exact) mass is 429 g/mol. The molecule has 0 radical (unpaired) electrons. The highest BCUT2D eigenvalue weighted by Crippen LogP contribution is 2.29. The van der Waals surface area contributed by atoms with Crippen LogP contribution in [0.3, 0.4) is 0 Å². The van der Waals surface area contributed by atoms with Crippen LogP contribution >= 0.6 is 23.1 Å². The summed E-state index contributed by atoms with van der Waals surface area (Å²) < 4.78 is 1.85. The summed E-state index contributed by atoms with van der Waals surface area (Å²) in [5.74, 6) is 0.154. The van der Waals surface area contributed by atoms with Gasteiger partial charge in [0.2, 0.25) is 11.8 Å². The minimum Gasteiger partial charge on any atom is -0.370 e. The first-order chi connectivity index (χ1) is 14.0. The zero-order valence-electron chi connectivity index (χ0n) is 16.3. The van der Waals surface area contributed by atoms with Crippen LogP contribution in [-0.4, -0.2) is 31.8 Å². The Bertz CT molecular complexity index is 967. The van der Waals surface area contributed by atoms with Gasteiger partial charge in [-0.15, -0.1) is 21.5 Å². The highest BCUT2D eigenvalue weighted by molar-refractivity contribution is 8.00. The lowest BCUT2D eigenvalue weighted by Gasteiger charge is -2.13. The maximum absolute atomic E-state index is 12.6. The second kappa shape index (κ2) is 9.71. The summed E-state index contributed by atoms with van der Waals surface area (Å²) in [6, 6.07) is 11.7. The molecule has 9 heteroatoms. The number of thiophene rings is 1. The Morgan fingerprint density at radius 2 is 2.00 bits per heavy atom. The molecule has 0 spiro atoms. The molecule has 2 amide bonds. The fraction of sp³-hybridized carbons (Fsp3) is 0.300. The number of carbonyl (C=O) groups excluding carboxylic acids is 2. The predicted octanol–water partition coefficient (Wildman–Crippen LogP) is 3.56. The maximum Gasteiger partial charge on any atom is 0.237 e. The number of nitrogens with zero attached hydrogens (tertiary/aromatic N) is 3. The highest BCUT2D eigenvalue weighted by atomic mass is 32.2. The van der Waals surface area contributed by atoms with Crippen LogP contribution in [-0.2, 0) is 22.6 Å². The van der Waals surface area contributed by atoms with E-state index in [0.717, 1.165) is 17.0 Å². The summed E-state index contributed by atoms with van der Waals surface area (Å²) in [6.45, 7) is 4.27. The van der Waals surface area contributed by atoms with Gasteiger partial charge in [0.1, 0.15) is 0 Å². The lowest BCUT2D eigenvalue weighted by molar-refractivity contribution is -0.118. The van der Waals surface area contributed by atoms with Gasteiger partial charge in [0, 0.05) is 18.7 Å². The van der Waals surface area contributed by atoms with E-state index in [1.165, 1.54) is 28.7 Å². The summed E-state index contributed by atoms with van der Waals surface area (Å²) >= 11 is 2.84. The van der Waals surface area contributed by atoms with Gasteiger partial charge in [-0.25, -0.2) is 0 Å². The molecule has 1 aromatic carbocycles. The molecule has 3 aromatic rings. The smallest absolute Gasteiger partial charge is 0.237 e. The van der Waals surface area contributed by atoms with Crippen molar-refractivity contribution in [2.45, 2.75) is 43.6 Å². The van der Waals surface area contributed by atoms with Gasteiger partial charge in [-0.1, -0.05) is 36.9 Å². The van der Waals surface area contributed by atoms with Crippen LogP contribution in [0.4, 0.5) is 5.69 Å². The fourth-order valence-electron chi connectivity index (χ4n) is 2.67. The lowest BCUT2D eigenvalue weighted by atomic mass is 10.1. The number of nitrogens with two attached hydrogens (primary N) is 1. The average molecular weight is 430 g/mol. The van der Waals surface area contributed by atoms with Crippen molar-refractivity contribution in [1.29, 1.82) is 0 Å². The number of benzene rings is 1. The first-order valence-corrected chi connectivity index (χ1v) is 11.1. The van der Waals surface area contributed by atoms with Crippen molar-refractivity contribution in [3.8, 4) is 10.7 Å². The molecule has 3 N–H and O–H groups in total. The third kappa shape index (κ3) is 5.45. The molecule has 2 aromatic heterocycles. The Morgan fingerprint density at radius 3 is 2.62 bits per heavy atom. The number of hydrogen-bond acceptors (Lipinski definition) is 6. The van der Waals surface area contributed by atoms with Gasteiger partial charge in [-0.3, -0.25) is 9.59 Å². The van der Waals surface area contributed by atoms with Crippen LogP contribution in [0.25, 0.3) is 10.7 Å². The minimum atomic E-state index is -0.395. The second-order valence-corrected chi connectivity index (χ2v) is 8.71. The van der Waals surface area contributed by atoms with Crippen molar-refractivity contribution in [1.82, 2.24) is 14.8 Å². The van der Waals surface area contributed by atoms with E-state index in [1.807, 2.05) is 53.3 Å². The number of rotatable bonds is 9. The van der Waals surface area contributed by atoms with E-state index in [4.69, 9.17) is 5.73 Å². The van der Waals surface area contributed by atoms with Crippen molar-refractivity contribution in [3.63, 3.8) is 0 Å². The molecule has 3 rings (SSSR count). The number of amides is 2. The van der Waals surface area contributed by atoms with E-state index in [2.05, 4.69) is 22.4 Å². The highest BCUT2D eigenvalue weighted by Gasteiger charge is 2.21. The molecule has 0 aliphatic carbocycles. The largest absolute Gasteiger partial charge is 0.370 e. The van der Waals surface area contributed by atoms with Crippen molar-refractivity contribution in [2.75, 3.05) is 5.32 Å². The number of nitrogens with one attached hydrogen (secondary N) is 1. The van der Waals surface area contributed by atoms with Crippen LogP contribution in [0, 0.1) is 0 Å². The van der Waals surface area contributed by atoms with Gasteiger partial charge >= 0.3 is 0 Å². The number of thioether (sulfide) groups is 1. The summed E-state index contributed by atoms with van der Waals surface area (Å²) in [5.41, 5.74) is 7.30. The van der Waals surface area contributed by atoms with E-state index < -0.39 is 11.2 Å². The number of aromatic nitrogens is 3. The van der Waals surface area contributed by atoms with Crippen molar-refractivity contribution >= 4 is 40.6 Å². The van der Waals surface area contributed by atoms with E-state index in [9.17, 15) is 9.59 Å². The Morgan fingerprint density at radius 1 is 1.24 bits per heavy atom. The molecular formula is C20H23N5O2S2. The van der Waals surface area contributed by atoms with Crippen molar-refractivity contribution < 1.29 is 9.59 Å². The van der Waals surface area contributed by atoms with Gasteiger partial charge in [-0.05, 0) is 42.5 Å². The molecule has 0 bridgehead atoms. The first kappa shape index (κ1) is 21.1. The summed E-state index contributed by atoms with van der Waals surface area (Å²) in [6.07, 6.45) is 1.13. The average Bonchev–Trinajstić information content (AvgIpc) is 3.36. The minimum absolute atomic E-state index is 0.124. The third-order valence-electron chi connectivity index (χ3n) is 4.32. The maximum atomic E-state index is 12.6. The zero-order chi connectivity index (χ0) is 20.8. The normalized spacial score (nSPS) is 11.9. The van der Waals surface area contributed by atoms with E-state index in [0.29, 0.717) is 17.5 Å². The second-order valence-electron chi connectivity index (χ2n) is 6.45. The van der Waals surface area contributed by atoms with Gasteiger partial charge < -0.3 is 15.6 Å². The predicted molar refractivity (Wildman–Crippen MR) is 117 cm³/mol. The quantitative estimate of drug-likeness (QED) is 0.506. The standard InChI is InChI=1S/C20H23N5O2S2/c1-3-14-6-8-15(9-7-14)22-19(27)13(2)29-20-24-23-18(16-5-4-12-28-16)25(20)11-10-17(21)26/h4-9,12-13H,3,10-11H2,1-2H3,(H2,21,26)(H,22,27). The Balaban J connectivity index is 1.73. The van der Waals surface area contributed by atoms with Gasteiger partial charge in [0.25, 0.3) is 0 Å². The number of carbonyl (C=O) groups is 2. The molecule has 0 aliphatic rings. The molecule has 0 fully saturated rings. The summed E-state index contributed by atoms with van der Waals surface area (Å²) in [7, 11) is 0. The topological polar surface area (TPSA) is 103 Å². The lowest BCUT2D eigenvalue weighted by Crippen LogP contribution is -2.23. The van der Waals surface area contributed by atoms with Crippen LogP contribution in [0.1, 0.15) is 25.8 Å². The Hall–Kier alpha value is -2.65. The fourth-order valence-corrected chi connectivity index (χ4v) is 4.26. The van der Waals surface area contributed by atoms with Gasteiger partial charge in [0.05, 0.1) is 10.1 Å². The number of anilines is 1. The zero-order valence-corrected chi connectivity index (χ0v) is 17.9. The molecule has 0 aliphatic heterocycles. The molecule has 2 heterocycles. The van der Waals surface area contributed by atoms with E-state index in [1.54, 1.807) is 0 Å². The third-order valence-corrected chi connectivity index (χ3v) is 6.27. The molecule has 1 unspecified atom stereocenters. The van der Waals surface area contributed by atoms with Crippen LogP contribution in [0.2, 0.25) is 0 Å². The van der Waals surface area contributed by atoms with E-state index in [-0.39, 0.29) is 12.3 Å². The molecule has 152 valence electrons. The summed E-state index contributed by atoms with van der Waals surface area (Å²) in [5, 5.41) is 13.6. The van der Waals surface area contributed by atoms with Crippen LogP contribution < -0.4 is 11.1 Å². The molecule has 0 saturated heterocycles. The van der Waals surface area contributed by atoms with Crippen LogP contribution in [0.5, 0.6) is 0 Å². The molecule has 0 saturated carbocycles. The van der Waals surface area contributed by atoms with Gasteiger partial charge in [0.15, 0.2) is 11.0 Å². The number of aryl methyl sites for hydroxylation is 1. The van der Waals surface area contributed by atoms with Crippen molar-refractivity contribution in [3.05, 3.63) is 47.3 Å². The summed E-state index contributed by atoms with van der Waals surface area (Å²) in [4.78, 5) is 24.9. The Labute approximate surface area is 177 Å². The van der Waals surface area contributed by atoms with Crippen LogP contribution in [0.15, 0.2) is 46.9 Å². The van der Waals surface area contributed by atoms with E-state index >= 15 is 0 Å². The number of primary amides is 1. The molecule has 29 heavy (non-hydrogen) atoms. The number of hydrogen-bond donors (Lipinski definition) is 2. The molecule has 1 atom stereocenters. The first-order valence-electron chi connectivity index (χ1n) is 9.29. The Kier molecular flexibility index (Phi) is 7.05.